The highest BCUT2D eigenvalue weighted by molar-refractivity contribution is 5.69. The van der Waals surface area contributed by atoms with Gasteiger partial charge in [-0.25, -0.2) is 9.37 Å². The van der Waals surface area contributed by atoms with Crippen molar-refractivity contribution in [1.82, 2.24) is 9.55 Å². The standard InChI is InChI=1S/C18H19FN2O2/c19-11-1-2-12-13(7-11)15-9-20-10-21(15)16(12)14-8-18(17(14)22)3-5-23-6-4-18/h1-2,7,9-10,14,16-17,22H,3-6,8H2/t14-,16-,17+/m0/s1. The van der Waals surface area contributed by atoms with E-state index < -0.39 is 0 Å². The molecule has 1 spiro atoms. The molecule has 1 saturated heterocycles. The second-order valence-electron chi connectivity index (χ2n) is 7.15. The Hall–Kier alpha value is -1.72. The van der Waals surface area contributed by atoms with Gasteiger partial charge in [0.2, 0.25) is 0 Å². The Balaban J connectivity index is 1.53. The molecule has 0 amide bonds. The molecule has 4 nitrogen and oxygen atoms in total. The minimum Gasteiger partial charge on any atom is -0.392 e. The van der Waals surface area contributed by atoms with Crippen LogP contribution in [0.15, 0.2) is 30.7 Å². The maximum atomic E-state index is 13.7. The summed E-state index contributed by atoms with van der Waals surface area (Å²) in [6.45, 7) is 1.49. The Bertz CT molecular complexity index is 766. The zero-order chi connectivity index (χ0) is 15.6. The lowest BCUT2D eigenvalue weighted by molar-refractivity contribution is -0.173. The fraction of sp³-hybridized carbons (Fsp3) is 0.500. The van der Waals surface area contributed by atoms with Crippen LogP contribution in [0.2, 0.25) is 0 Å². The number of hydrogen-bond acceptors (Lipinski definition) is 3. The molecule has 23 heavy (non-hydrogen) atoms. The molecule has 3 atom stereocenters. The van der Waals surface area contributed by atoms with E-state index in [-0.39, 0.29) is 29.3 Å². The first-order valence-electron chi connectivity index (χ1n) is 8.27. The molecule has 0 radical (unpaired) electrons. The van der Waals surface area contributed by atoms with Gasteiger partial charge >= 0.3 is 0 Å². The summed E-state index contributed by atoms with van der Waals surface area (Å²) in [7, 11) is 0. The fourth-order valence-corrected chi connectivity index (χ4v) is 4.89. The summed E-state index contributed by atoms with van der Waals surface area (Å²) in [5, 5.41) is 10.9. The van der Waals surface area contributed by atoms with E-state index in [1.54, 1.807) is 18.6 Å². The average Bonchev–Trinajstić information content (AvgIpc) is 3.15. The van der Waals surface area contributed by atoms with Gasteiger partial charge in [0.15, 0.2) is 0 Å². The SMILES string of the molecule is O[C@@H]1[C@H]([C@@H]2c3ccc(F)cc3-c3cncn32)CC12CCOCC2. The molecular formula is C18H19FN2O2. The molecule has 5 heteroatoms. The van der Waals surface area contributed by atoms with Crippen molar-refractivity contribution in [1.29, 1.82) is 0 Å². The maximum absolute atomic E-state index is 13.7. The molecule has 5 rings (SSSR count). The summed E-state index contributed by atoms with van der Waals surface area (Å²) in [4.78, 5) is 4.23. The zero-order valence-electron chi connectivity index (χ0n) is 12.8. The summed E-state index contributed by atoms with van der Waals surface area (Å²) in [5.41, 5.74) is 2.99. The molecule has 2 aromatic rings. The first-order valence-corrected chi connectivity index (χ1v) is 8.27. The lowest BCUT2D eigenvalue weighted by Gasteiger charge is -2.56. The van der Waals surface area contributed by atoms with E-state index in [1.165, 1.54) is 6.07 Å². The molecule has 1 aromatic carbocycles. The summed E-state index contributed by atoms with van der Waals surface area (Å²) in [6, 6.07) is 5.02. The van der Waals surface area contributed by atoms with Crippen molar-refractivity contribution in [2.75, 3.05) is 13.2 Å². The van der Waals surface area contributed by atoms with Crippen LogP contribution in [0.3, 0.4) is 0 Å². The normalized spacial score (nSPS) is 30.8. The molecule has 120 valence electrons. The largest absolute Gasteiger partial charge is 0.392 e. The number of ether oxygens (including phenoxy) is 1. The molecule has 3 aliphatic rings. The van der Waals surface area contributed by atoms with Crippen LogP contribution in [0.5, 0.6) is 0 Å². The van der Waals surface area contributed by atoms with Gasteiger partial charge in [0.05, 0.1) is 30.4 Å². The molecule has 1 aliphatic carbocycles. The Morgan fingerprint density at radius 2 is 2.13 bits per heavy atom. The predicted octanol–water partition coefficient (Wildman–Crippen LogP) is 2.77. The summed E-state index contributed by atoms with van der Waals surface area (Å²) < 4.78 is 21.2. The van der Waals surface area contributed by atoms with Crippen molar-refractivity contribution < 1.29 is 14.2 Å². The van der Waals surface area contributed by atoms with Crippen molar-refractivity contribution >= 4 is 0 Å². The van der Waals surface area contributed by atoms with Crippen molar-refractivity contribution in [3.05, 3.63) is 42.1 Å². The number of nitrogens with zero attached hydrogens (tertiary/aromatic N) is 2. The Labute approximate surface area is 133 Å². The van der Waals surface area contributed by atoms with E-state index >= 15 is 0 Å². The number of aliphatic hydroxyl groups is 1. The fourth-order valence-electron chi connectivity index (χ4n) is 4.89. The van der Waals surface area contributed by atoms with Gasteiger partial charge in [-0.2, -0.15) is 0 Å². The predicted molar refractivity (Wildman–Crippen MR) is 82.4 cm³/mol. The Morgan fingerprint density at radius 1 is 1.30 bits per heavy atom. The lowest BCUT2D eigenvalue weighted by Crippen LogP contribution is -2.57. The highest BCUT2D eigenvalue weighted by Crippen LogP contribution is 2.59. The molecule has 0 unspecified atom stereocenters. The van der Waals surface area contributed by atoms with Crippen LogP contribution in [0, 0.1) is 17.2 Å². The van der Waals surface area contributed by atoms with Gasteiger partial charge < -0.3 is 14.4 Å². The summed E-state index contributed by atoms with van der Waals surface area (Å²) >= 11 is 0. The highest BCUT2D eigenvalue weighted by atomic mass is 19.1. The van der Waals surface area contributed by atoms with Crippen LogP contribution in [-0.4, -0.2) is 34.0 Å². The topological polar surface area (TPSA) is 47.3 Å². The minimum absolute atomic E-state index is 0.0203. The summed E-state index contributed by atoms with van der Waals surface area (Å²) in [6.07, 6.45) is 6.13. The third-order valence-corrected chi connectivity index (χ3v) is 6.15. The monoisotopic (exact) mass is 314 g/mol. The van der Waals surface area contributed by atoms with Crippen LogP contribution in [-0.2, 0) is 4.74 Å². The van der Waals surface area contributed by atoms with E-state index in [9.17, 15) is 9.50 Å². The van der Waals surface area contributed by atoms with E-state index in [4.69, 9.17) is 4.74 Å². The smallest absolute Gasteiger partial charge is 0.123 e. The maximum Gasteiger partial charge on any atom is 0.123 e. The van der Waals surface area contributed by atoms with Crippen LogP contribution in [0.25, 0.3) is 11.3 Å². The average molecular weight is 314 g/mol. The molecule has 0 bridgehead atoms. The zero-order valence-corrected chi connectivity index (χ0v) is 12.8. The first-order chi connectivity index (χ1) is 11.2. The lowest BCUT2D eigenvalue weighted by atomic mass is 9.53. The Morgan fingerprint density at radius 3 is 2.91 bits per heavy atom. The number of hydrogen-bond donors (Lipinski definition) is 1. The van der Waals surface area contributed by atoms with E-state index in [0.29, 0.717) is 0 Å². The van der Waals surface area contributed by atoms with Crippen molar-refractivity contribution in [3.63, 3.8) is 0 Å². The molecule has 3 heterocycles. The van der Waals surface area contributed by atoms with E-state index in [0.717, 1.165) is 49.3 Å². The highest BCUT2D eigenvalue weighted by Gasteiger charge is 2.57. The van der Waals surface area contributed by atoms with Crippen molar-refractivity contribution in [2.45, 2.75) is 31.4 Å². The quantitative estimate of drug-likeness (QED) is 0.880. The third kappa shape index (κ3) is 1.75. The molecule has 2 fully saturated rings. The second kappa shape index (κ2) is 4.65. The Kier molecular flexibility index (Phi) is 2.77. The number of rotatable bonds is 1. The van der Waals surface area contributed by atoms with Crippen LogP contribution < -0.4 is 0 Å². The van der Waals surface area contributed by atoms with E-state index in [2.05, 4.69) is 9.55 Å². The molecule has 1 saturated carbocycles. The number of aromatic nitrogens is 2. The van der Waals surface area contributed by atoms with Crippen LogP contribution >= 0.6 is 0 Å². The van der Waals surface area contributed by atoms with Gasteiger partial charge in [-0.3, -0.25) is 0 Å². The van der Waals surface area contributed by atoms with Crippen molar-refractivity contribution in [2.24, 2.45) is 11.3 Å². The number of fused-ring (bicyclic) bond motifs is 3. The second-order valence-corrected chi connectivity index (χ2v) is 7.15. The van der Waals surface area contributed by atoms with E-state index in [1.807, 2.05) is 6.07 Å². The van der Waals surface area contributed by atoms with Gasteiger partial charge in [0.25, 0.3) is 0 Å². The number of benzene rings is 1. The molecule has 2 aliphatic heterocycles. The number of aliphatic hydroxyl groups excluding tert-OH is 1. The first kappa shape index (κ1) is 13.7. The molecule has 1 aromatic heterocycles. The van der Waals surface area contributed by atoms with Crippen LogP contribution in [0.4, 0.5) is 4.39 Å². The van der Waals surface area contributed by atoms with Gasteiger partial charge in [-0.05, 0) is 37.0 Å². The van der Waals surface area contributed by atoms with Gasteiger partial charge in [0.1, 0.15) is 5.82 Å². The number of imidazole rings is 1. The van der Waals surface area contributed by atoms with Crippen molar-refractivity contribution in [3.8, 4) is 11.3 Å². The number of halogens is 1. The molecular weight excluding hydrogens is 295 g/mol. The van der Waals surface area contributed by atoms with Gasteiger partial charge in [-0.15, -0.1) is 0 Å². The third-order valence-electron chi connectivity index (χ3n) is 6.15. The van der Waals surface area contributed by atoms with Gasteiger partial charge in [0, 0.05) is 30.1 Å². The van der Waals surface area contributed by atoms with Gasteiger partial charge in [-0.1, -0.05) is 6.07 Å². The summed E-state index contributed by atoms with van der Waals surface area (Å²) in [5.74, 6) is -0.0695. The molecule has 1 N–H and O–H groups in total. The van der Waals surface area contributed by atoms with Crippen LogP contribution in [0.1, 0.15) is 30.9 Å². The minimum atomic E-state index is -0.331.